The summed E-state index contributed by atoms with van der Waals surface area (Å²) in [6.07, 6.45) is 0.602. The molecule has 0 radical (unpaired) electrons. The van der Waals surface area contributed by atoms with E-state index in [2.05, 4.69) is 39.3 Å². The highest BCUT2D eigenvalue weighted by atomic mass is 28.3. The Morgan fingerprint density at radius 3 is 2.29 bits per heavy atom. The smallest absolute Gasteiger partial charge is 0.335 e. The molecule has 2 aromatic heterocycles. The normalized spacial score (nSPS) is 21.6. The maximum Gasteiger partial charge on any atom is 0.335 e. The van der Waals surface area contributed by atoms with E-state index in [9.17, 15) is 9.90 Å². The molecule has 2 unspecified atom stereocenters. The van der Waals surface area contributed by atoms with E-state index >= 15 is 8.78 Å². The molecule has 0 spiro atoms. The fourth-order valence-corrected chi connectivity index (χ4v) is 7.33. The zero-order chi connectivity index (χ0) is 30.0. The Kier molecular flexibility index (Phi) is 7.62. The number of hydrogen-bond donors (Lipinski definition) is 1. The Balaban J connectivity index is 1.57. The second-order valence-electron chi connectivity index (χ2n) is 14.4. The van der Waals surface area contributed by atoms with Gasteiger partial charge in [-0.05, 0) is 36.7 Å². The molecule has 2 atom stereocenters. The van der Waals surface area contributed by atoms with Crippen molar-refractivity contribution in [2.45, 2.75) is 96.4 Å². The van der Waals surface area contributed by atoms with Gasteiger partial charge in [0.05, 0.1) is 22.5 Å². The largest absolute Gasteiger partial charge is 0.478 e. The van der Waals surface area contributed by atoms with Crippen molar-refractivity contribution in [3.63, 3.8) is 0 Å². The van der Waals surface area contributed by atoms with Crippen LogP contribution in [0, 0.1) is 5.41 Å². The SMILES string of the molecule is CC12Cc3c(c(-c4nc5cc(C(=O)O)ccc5n4COCC[Si](C)(C)C)nn3COCC[Si](C)(C)C)C(C1)C2(F)F. The summed E-state index contributed by atoms with van der Waals surface area (Å²) in [4.78, 5) is 16.5. The van der Waals surface area contributed by atoms with Crippen molar-refractivity contribution in [3.8, 4) is 11.5 Å². The van der Waals surface area contributed by atoms with Crippen molar-refractivity contribution in [1.82, 2.24) is 19.3 Å². The quantitative estimate of drug-likeness (QED) is 0.179. The molecule has 6 rings (SSSR count). The minimum Gasteiger partial charge on any atom is -0.478 e. The van der Waals surface area contributed by atoms with E-state index in [0.29, 0.717) is 47.7 Å². The van der Waals surface area contributed by atoms with Crippen molar-refractivity contribution in [2.75, 3.05) is 13.2 Å². The number of aromatic carboxylic acids is 1. The molecule has 41 heavy (non-hydrogen) atoms. The Hall–Kier alpha value is -2.42. The molecule has 3 aliphatic carbocycles. The molecule has 1 fully saturated rings. The first-order valence-corrected chi connectivity index (χ1v) is 21.8. The molecule has 2 heterocycles. The summed E-state index contributed by atoms with van der Waals surface area (Å²) in [6.45, 7) is 16.9. The van der Waals surface area contributed by atoms with Crippen LogP contribution < -0.4 is 0 Å². The molecular weight excluding hydrogens is 563 g/mol. The highest BCUT2D eigenvalue weighted by molar-refractivity contribution is 6.76. The first-order chi connectivity index (χ1) is 19.0. The summed E-state index contributed by atoms with van der Waals surface area (Å²) in [5.74, 6) is -4.43. The van der Waals surface area contributed by atoms with Gasteiger partial charge >= 0.3 is 5.97 Å². The molecule has 8 nitrogen and oxygen atoms in total. The highest BCUT2D eigenvalue weighted by Crippen LogP contribution is 2.68. The molecule has 1 saturated carbocycles. The molecule has 0 saturated heterocycles. The number of alkyl halides is 2. The number of carboxylic acid groups (broad SMARTS) is 1. The van der Waals surface area contributed by atoms with E-state index in [0.717, 1.165) is 17.8 Å². The predicted molar refractivity (Wildman–Crippen MR) is 160 cm³/mol. The molecule has 0 aliphatic heterocycles. The van der Waals surface area contributed by atoms with E-state index in [-0.39, 0.29) is 25.4 Å². The maximum absolute atomic E-state index is 15.5. The average Bonchev–Trinajstić information content (AvgIpc) is 3.40. The van der Waals surface area contributed by atoms with Gasteiger partial charge in [0.1, 0.15) is 19.2 Å². The number of fused-ring (bicyclic) bond motifs is 1. The number of nitrogens with zero attached hydrogens (tertiary/aromatic N) is 4. The Bertz CT molecular complexity index is 1470. The molecule has 3 aromatic rings. The number of benzene rings is 1. The maximum atomic E-state index is 15.5. The lowest BCUT2D eigenvalue weighted by Crippen LogP contribution is -2.59. The summed E-state index contributed by atoms with van der Waals surface area (Å²) in [5, 5.41) is 14.4. The fraction of sp³-hybridized carbons (Fsp3) is 0.621. The van der Waals surface area contributed by atoms with E-state index in [1.165, 1.54) is 12.1 Å². The van der Waals surface area contributed by atoms with Gasteiger partial charge in [0.2, 0.25) is 0 Å². The van der Waals surface area contributed by atoms with Crippen LogP contribution >= 0.6 is 0 Å². The minimum atomic E-state index is -2.84. The molecule has 224 valence electrons. The van der Waals surface area contributed by atoms with Crippen LogP contribution in [-0.2, 0) is 29.4 Å². The molecule has 2 bridgehead atoms. The van der Waals surface area contributed by atoms with Gasteiger partial charge in [-0.1, -0.05) is 46.2 Å². The number of imidazole rings is 1. The Morgan fingerprint density at radius 2 is 1.71 bits per heavy atom. The third-order valence-electron chi connectivity index (χ3n) is 8.54. The summed E-state index contributed by atoms with van der Waals surface area (Å²) in [5.41, 5.74) is 1.86. The van der Waals surface area contributed by atoms with Crippen LogP contribution in [0.3, 0.4) is 0 Å². The van der Waals surface area contributed by atoms with Crippen molar-refractivity contribution >= 4 is 33.2 Å². The van der Waals surface area contributed by atoms with Gasteiger partial charge in [-0.15, -0.1) is 0 Å². The summed E-state index contributed by atoms with van der Waals surface area (Å²) < 4.78 is 46.7. The first kappa shape index (κ1) is 30.1. The van der Waals surface area contributed by atoms with Crippen LogP contribution in [0.25, 0.3) is 22.6 Å². The molecule has 1 aromatic carbocycles. The minimum absolute atomic E-state index is 0.109. The predicted octanol–water partition coefficient (Wildman–Crippen LogP) is 6.91. The number of carboxylic acids is 1. The summed E-state index contributed by atoms with van der Waals surface area (Å²) in [7, 11) is -2.62. The van der Waals surface area contributed by atoms with Crippen molar-refractivity contribution in [2.24, 2.45) is 5.41 Å². The van der Waals surface area contributed by atoms with E-state index in [1.807, 2.05) is 4.57 Å². The van der Waals surface area contributed by atoms with Gasteiger partial charge in [-0.3, -0.25) is 4.57 Å². The van der Waals surface area contributed by atoms with Crippen LogP contribution in [0.4, 0.5) is 8.78 Å². The van der Waals surface area contributed by atoms with Crippen LogP contribution in [-0.4, -0.2) is 65.7 Å². The number of hydrogen-bond acceptors (Lipinski definition) is 5. The van der Waals surface area contributed by atoms with Crippen LogP contribution in [0.5, 0.6) is 0 Å². The zero-order valence-corrected chi connectivity index (χ0v) is 27.2. The number of ether oxygens (including phenoxy) is 2. The van der Waals surface area contributed by atoms with Crippen molar-refractivity contribution in [1.29, 1.82) is 0 Å². The van der Waals surface area contributed by atoms with Gasteiger partial charge in [0.15, 0.2) is 5.82 Å². The van der Waals surface area contributed by atoms with Crippen molar-refractivity contribution in [3.05, 3.63) is 35.0 Å². The lowest BCUT2D eigenvalue weighted by Gasteiger charge is -2.56. The standard InChI is InChI=1S/C29H42F2N4O4Si2/c1-28-15-20(29(28,30)31)24-23(16-28)35(18-39-11-13-41(5,6)7)33-25(24)26-32-21-14-19(27(36)37)8-9-22(21)34(26)17-38-10-12-40(2,3)4/h8-9,14,20H,10-13,15-18H2,1-7H3,(H,36,37). The summed E-state index contributed by atoms with van der Waals surface area (Å²) in [6, 6.07) is 6.72. The van der Waals surface area contributed by atoms with Crippen LogP contribution in [0.2, 0.25) is 51.4 Å². The molecule has 12 heteroatoms. The third kappa shape index (κ3) is 5.67. The molecular formula is C29H42F2N4O4Si2. The summed E-state index contributed by atoms with van der Waals surface area (Å²) >= 11 is 0. The van der Waals surface area contributed by atoms with Gasteiger partial charge in [0.25, 0.3) is 5.92 Å². The van der Waals surface area contributed by atoms with E-state index < -0.39 is 39.4 Å². The molecule has 1 N–H and O–H groups in total. The second kappa shape index (κ2) is 10.4. The molecule has 0 amide bonds. The number of carbonyl (C=O) groups is 1. The van der Waals surface area contributed by atoms with Gasteiger partial charge in [-0.2, -0.15) is 5.10 Å². The van der Waals surface area contributed by atoms with Crippen LogP contribution in [0.15, 0.2) is 18.2 Å². The number of aromatic nitrogens is 4. The molecule has 3 aliphatic rings. The van der Waals surface area contributed by atoms with Crippen molar-refractivity contribution < 1.29 is 28.2 Å². The topological polar surface area (TPSA) is 91.4 Å². The first-order valence-electron chi connectivity index (χ1n) is 14.4. The van der Waals surface area contributed by atoms with Crippen LogP contribution in [0.1, 0.15) is 40.9 Å². The van der Waals surface area contributed by atoms with E-state index in [1.54, 1.807) is 17.7 Å². The van der Waals surface area contributed by atoms with E-state index in [4.69, 9.17) is 19.6 Å². The number of rotatable bonds is 12. The van der Waals surface area contributed by atoms with Gasteiger partial charge < -0.3 is 14.6 Å². The Morgan fingerprint density at radius 1 is 1.07 bits per heavy atom. The third-order valence-corrected chi connectivity index (χ3v) is 11.9. The monoisotopic (exact) mass is 604 g/mol. The Labute approximate surface area is 242 Å². The average molecular weight is 605 g/mol. The zero-order valence-electron chi connectivity index (χ0n) is 25.2. The fourth-order valence-electron chi connectivity index (χ4n) is 5.82. The van der Waals surface area contributed by atoms with Gasteiger partial charge in [-0.25, -0.2) is 23.2 Å². The van der Waals surface area contributed by atoms with Gasteiger partial charge in [0, 0.05) is 52.5 Å². The second-order valence-corrected chi connectivity index (χ2v) is 25.6. The number of halogens is 2. The lowest BCUT2D eigenvalue weighted by atomic mass is 9.51. The lowest BCUT2D eigenvalue weighted by molar-refractivity contribution is -0.221. The highest BCUT2D eigenvalue weighted by Gasteiger charge is 2.70.